The smallest absolute Gasteiger partial charge is 0.164 e. The number of hydrogen-bond acceptors (Lipinski definition) is 3. The molecule has 0 heterocycles. The predicted octanol–water partition coefficient (Wildman–Crippen LogP) is 2.76. The van der Waals surface area contributed by atoms with Gasteiger partial charge < -0.3 is 14.3 Å². The summed E-state index contributed by atoms with van der Waals surface area (Å²) >= 11 is 0. The third-order valence-corrected chi connectivity index (χ3v) is 3.15. The summed E-state index contributed by atoms with van der Waals surface area (Å²) in [6.07, 6.45) is 5.96. The summed E-state index contributed by atoms with van der Waals surface area (Å²) in [4.78, 5) is 10.5. The minimum Gasteiger partial charge on any atom is -0.493 e. The van der Waals surface area contributed by atoms with Crippen molar-refractivity contribution in [2.24, 2.45) is 0 Å². The predicted molar refractivity (Wildman–Crippen MR) is 65.6 cm³/mol. The molecule has 1 fully saturated rings. The van der Waals surface area contributed by atoms with Gasteiger partial charge in [-0.25, -0.2) is 0 Å². The van der Waals surface area contributed by atoms with Gasteiger partial charge in [0.1, 0.15) is 6.29 Å². The van der Waals surface area contributed by atoms with Crippen LogP contribution >= 0.6 is 0 Å². The van der Waals surface area contributed by atoms with Gasteiger partial charge in [-0.2, -0.15) is 0 Å². The first-order valence-electron chi connectivity index (χ1n) is 6.11. The molecule has 1 aromatic rings. The number of hydrogen-bond donors (Lipinski definition) is 0. The standard InChI is InChI=1S/C14H18O3/c1-16-13-9-2-5-11(6-4-10-15)14(13)17-12-7-3-8-12/h2,5,9-10,12H,3-4,6-8H2,1H3. The third-order valence-electron chi connectivity index (χ3n) is 3.15. The minimum absolute atomic E-state index is 0.321. The van der Waals surface area contributed by atoms with Crippen LogP contribution in [0.5, 0.6) is 11.5 Å². The van der Waals surface area contributed by atoms with Gasteiger partial charge in [0.25, 0.3) is 0 Å². The molecule has 3 nitrogen and oxygen atoms in total. The zero-order chi connectivity index (χ0) is 12.1. The lowest BCUT2D eigenvalue weighted by molar-refractivity contribution is -0.107. The molecule has 2 rings (SSSR count). The Morgan fingerprint density at radius 3 is 2.82 bits per heavy atom. The maximum Gasteiger partial charge on any atom is 0.164 e. The highest BCUT2D eigenvalue weighted by Crippen LogP contribution is 2.35. The fraction of sp³-hybridized carbons (Fsp3) is 0.500. The van der Waals surface area contributed by atoms with Gasteiger partial charge >= 0.3 is 0 Å². The van der Waals surface area contributed by atoms with Crippen molar-refractivity contribution in [3.63, 3.8) is 0 Å². The topological polar surface area (TPSA) is 35.5 Å². The monoisotopic (exact) mass is 234 g/mol. The number of aryl methyl sites for hydroxylation is 1. The van der Waals surface area contributed by atoms with Crippen molar-refractivity contribution in [2.45, 2.75) is 38.2 Å². The largest absolute Gasteiger partial charge is 0.493 e. The van der Waals surface area contributed by atoms with Gasteiger partial charge in [-0.1, -0.05) is 12.1 Å². The van der Waals surface area contributed by atoms with E-state index >= 15 is 0 Å². The number of benzene rings is 1. The average Bonchev–Trinajstić information content (AvgIpc) is 2.31. The summed E-state index contributed by atoms with van der Waals surface area (Å²) < 4.78 is 11.3. The molecule has 1 aliphatic carbocycles. The van der Waals surface area contributed by atoms with E-state index in [-0.39, 0.29) is 0 Å². The van der Waals surface area contributed by atoms with E-state index in [2.05, 4.69) is 0 Å². The molecule has 1 aliphatic rings. The molecule has 0 saturated heterocycles. The number of carbonyl (C=O) groups is 1. The number of carbonyl (C=O) groups excluding carboxylic acids is 1. The maximum atomic E-state index is 10.5. The molecule has 0 unspecified atom stereocenters. The first-order chi connectivity index (χ1) is 8.35. The van der Waals surface area contributed by atoms with Crippen LogP contribution < -0.4 is 9.47 Å². The van der Waals surface area contributed by atoms with Gasteiger partial charge in [-0.3, -0.25) is 0 Å². The highest BCUT2D eigenvalue weighted by molar-refractivity contribution is 5.53. The molecule has 0 radical (unpaired) electrons. The summed E-state index contributed by atoms with van der Waals surface area (Å²) in [5, 5.41) is 0. The van der Waals surface area contributed by atoms with Crippen molar-refractivity contribution >= 4 is 6.29 Å². The molecule has 0 aliphatic heterocycles. The summed E-state index contributed by atoms with van der Waals surface area (Å²) in [5.74, 6) is 1.59. The Labute approximate surface area is 102 Å². The number of methoxy groups -OCH3 is 1. The molecule has 0 bridgehead atoms. The van der Waals surface area contributed by atoms with Crippen molar-refractivity contribution in [3.8, 4) is 11.5 Å². The second-order valence-corrected chi connectivity index (χ2v) is 4.32. The molecule has 17 heavy (non-hydrogen) atoms. The van der Waals surface area contributed by atoms with Crippen molar-refractivity contribution in [2.75, 3.05) is 7.11 Å². The lowest BCUT2D eigenvalue weighted by Gasteiger charge is -2.28. The average molecular weight is 234 g/mol. The molecule has 1 aromatic carbocycles. The Kier molecular flexibility index (Phi) is 4.02. The quantitative estimate of drug-likeness (QED) is 0.710. The first-order valence-corrected chi connectivity index (χ1v) is 6.11. The normalized spacial score (nSPS) is 15.1. The molecule has 0 spiro atoms. The zero-order valence-electron chi connectivity index (χ0n) is 10.1. The van der Waals surface area contributed by atoms with Crippen molar-refractivity contribution in [3.05, 3.63) is 23.8 Å². The Morgan fingerprint density at radius 2 is 2.24 bits per heavy atom. The van der Waals surface area contributed by atoms with E-state index in [1.165, 1.54) is 6.42 Å². The molecule has 92 valence electrons. The van der Waals surface area contributed by atoms with Crippen molar-refractivity contribution < 1.29 is 14.3 Å². The zero-order valence-corrected chi connectivity index (χ0v) is 10.1. The number of aldehydes is 1. The van der Waals surface area contributed by atoms with Crippen molar-refractivity contribution in [1.29, 1.82) is 0 Å². The fourth-order valence-corrected chi connectivity index (χ4v) is 1.92. The molecule has 3 heteroatoms. The SMILES string of the molecule is COc1cccc(CCC=O)c1OC1CCC1. The minimum atomic E-state index is 0.321. The second kappa shape index (κ2) is 5.71. The second-order valence-electron chi connectivity index (χ2n) is 4.32. The van der Waals surface area contributed by atoms with Gasteiger partial charge in [0, 0.05) is 6.42 Å². The van der Waals surface area contributed by atoms with Crippen LogP contribution in [0.1, 0.15) is 31.2 Å². The summed E-state index contributed by atoms with van der Waals surface area (Å²) in [5.41, 5.74) is 1.06. The van der Waals surface area contributed by atoms with Gasteiger partial charge in [0.2, 0.25) is 0 Å². The van der Waals surface area contributed by atoms with Crippen LogP contribution in [0.4, 0.5) is 0 Å². The lowest BCUT2D eigenvalue weighted by Crippen LogP contribution is -2.25. The Bertz CT molecular complexity index is 383. The van der Waals surface area contributed by atoms with Gasteiger partial charge in [-0.05, 0) is 37.3 Å². The van der Waals surface area contributed by atoms with Crippen LogP contribution in [0.15, 0.2) is 18.2 Å². The Balaban J connectivity index is 2.18. The van der Waals surface area contributed by atoms with E-state index in [0.29, 0.717) is 18.9 Å². The Hall–Kier alpha value is -1.51. The van der Waals surface area contributed by atoms with E-state index in [1.54, 1.807) is 7.11 Å². The highest BCUT2D eigenvalue weighted by Gasteiger charge is 2.22. The van der Waals surface area contributed by atoms with Crippen molar-refractivity contribution in [1.82, 2.24) is 0 Å². The van der Waals surface area contributed by atoms with E-state index in [4.69, 9.17) is 9.47 Å². The molecule has 0 aromatic heterocycles. The molecule has 1 saturated carbocycles. The van der Waals surface area contributed by atoms with E-state index < -0.39 is 0 Å². The number of ether oxygens (including phenoxy) is 2. The van der Waals surface area contributed by atoms with Crippen LogP contribution in [0.3, 0.4) is 0 Å². The van der Waals surface area contributed by atoms with Crippen LogP contribution in [0.25, 0.3) is 0 Å². The van der Waals surface area contributed by atoms with E-state index in [9.17, 15) is 4.79 Å². The van der Waals surface area contributed by atoms with Gasteiger partial charge in [0.15, 0.2) is 11.5 Å². The highest BCUT2D eigenvalue weighted by atomic mass is 16.5. The molecule has 0 N–H and O–H groups in total. The van der Waals surface area contributed by atoms with Gasteiger partial charge in [-0.15, -0.1) is 0 Å². The van der Waals surface area contributed by atoms with Crippen LogP contribution in [-0.4, -0.2) is 19.5 Å². The molecule has 0 atom stereocenters. The first kappa shape index (κ1) is 12.0. The van der Waals surface area contributed by atoms with Gasteiger partial charge in [0.05, 0.1) is 13.2 Å². The van der Waals surface area contributed by atoms with Crippen LogP contribution in [0, 0.1) is 0 Å². The summed E-state index contributed by atoms with van der Waals surface area (Å²) in [7, 11) is 1.65. The maximum absolute atomic E-state index is 10.5. The van der Waals surface area contributed by atoms with Crippen LogP contribution in [0.2, 0.25) is 0 Å². The van der Waals surface area contributed by atoms with E-state index in [1.807, 2.05) is 18.2 Å². The number of para-hydroxylation sites is 1. The fourth-order valence-electron chi connectivity index (χ4n) is 1.92. The summed E-state index contributed by atoms with van der Waals surface area (Å²) in [6.45, 7) is 0. The molecular weight excluding hydrogens is 216 g/mol. The molecule has 0 amide bonds. The summed E-state index contributed by atoms with van der Waals surface area (Å²) in [6, 6.07) is 5.84. The Morgan fingerprint density at radius 1 is 1.41 bits per heavy atom. The molecular formula is C14H18O3. The van der Waals surface area contributed by atoms with Crippen LogP contribution in [-0.2, 0) is 11.2 Å². The lowest BCUT2D eigenvalue weighted by atomic mass is 9.96. The third kappa shape index (κ3) is 2.78. The van der Waals surface area contributed by atoms with E-state index in [0.717, 1.165) is 36.2 Å². The number of rotatable bonds is 6.